The summed E-state index contributed by atoms with van der Waals surface area (Å²) in [5.74, 6) is 0.138. The number of likely N-dealkylation sites (tertiary alicyclic amines) is 2. The minimum atomic E-state index is -0.413. The largest absolute Gasteiger partial charge is 0.339 e. The number of aromatic nitrogens is 1. The molecule has 1 aromatic heterocycles. The van der Waals surface area contributed by atoms with E-state index in [1.807, 2.05) is 35.2 Å². The minimum absolute atomic E-state index is 0. The van der Waals surface area contributed by atoms with Gasteiger partial charge in [-0.3, -0.25) is 14.7 Å². The van der Waals surface area contributed by atoms with E-state index in [0.29, 0.717) is 34.6 Å². The zero-order chi connectivity index (χ0) is 26.9. The van der Waals surface area contributed by atoms with Gasteiger partial charge in [0.15, 0.2) is 0 Å². The van der Waals surface area contributed by atoms with Gasteiger partial charge >= 0.3 is 0 Å². The van der Waals surface area contributed by atoms with Crippen LogP contribution in [0.5, 0.6) is 0 Å². The van der Waals surface area contributed by atoms with Crippen molar-refractivity contribution in [3.8, 4) is 11.1 Å². The van der Waals surface area contributed by atoms with Gasteiger partial charge in [0, 0.05) is 84.5 Å². The third kappa shape index (κ3) is 6.13. The molecule has 3 aliphatic rings. The summed E-state index contributed by atoms with van der Waals surface area (Å²) in [6.45, 7) is 7.33. The van der Waals surface area contributed by atoms with Crippen molar-refractivity contribution in [1.29, 1.82) is 0 Å². The fraction of sp³-hybridized carbons (Fsp3) is 0.424. The number of carbonyl (C=O) groups excluding carboxylic acids is 1. The number of halogens is 1. The van der Waals surface area contributed by atoms with Crippen LogP contribution >= 0.6 is 0 Å². The van der Waals surface area contributed by atoms with E-state index in [2.05, 4.69) is 34.8 Å². The van der Waals surface area contributed by atoms with Crippen LogP contribution in [0, 0.1) is 48.9 Å². The predicted molar refractivity (Wildman–Crippen MR) is 151 cm³/mol. The third-order valence-electron chi connectivity index (χ3n) is 8.86. The molecule has 206 valence electrons. The SMILES string of the molecule is CC1CCCC(C)N1CCC1CCN(C(=O)c2cc(F)cc(-c3cnc4c(c3)=C(c3[c-]cccc3)N=4)c2)CC1.[U]. The molecule has 2 aromatic carbocycles. The van der Waals surface area contributed by atoms with Crippen LogP contribution in [0.3, 0.4) is 0 Å². The topological polar surface area (TPSA) is 48.8 Å². The molecule has 2 saturated heterocycles. The molecule has 3 aliphatic heterocycles. The molecule has 0 N–H and O–H groups in total. The van der Waals surface area contributed by atoms with E-state index in [1.165, 1.54) is 37.8 Å². The number of benzene rings is 2. The van der Waals surface area contributed by atoms with Crippen LogP contribution in [0.1, 0.15) is 68.3 Å². The van der Waals surface area contributed by atoms with Gasteiger partial charge in [-0.15, -0.1) is 35.9 Å². The zero-order valence-electron chi connectivity index (χ0n) is 23.4. The fourth-order valence-corrected chi connectivity index (χ4v) is 6.47. The van der Waals surface area contributed by atoms with Gasteiger partial charge in [0.1, 0.15) is 11.3 Å². The van der Waals surface area contributed by atoms with Crippen molar-refractivity contribution >= 4 is 11.6 Å². The number of amides is 1. The monoisotopic (exact) mass is 761 g/mol. The van der Waals surface area contributed by atoms with E-state index < -0.39 is 5.82 Å². The molecule has 5 nitrogen and oxygen atoms in total. The summed E-state index contributed by atoms with van der Waals surface area (Å²) in [6.07, 6.45) is 8.86. The Labute approximate surface area is 260 Å². The molecule has 0 bridgehead atoms. The Morgan fingerprint density at radius 3 is 2.52 bits per heavy atom. The van der Waals surface area contributed by atoms with Gasteiger partial charge in [-0.05, 0) is 88.2 Å². The number of hydrogen-bond donors (Lipinski definition) is 0. The van der Waals surface area contributed by atoms with Crippen LogP contribution in [0.4, 0.5) is 4.39 Å². The maximum Gasteiger partial charge on any atom is 0.253 e. The summed E-state index contributed by atoms with van der Waals surface area (Å²) < 4.78 is 14.8. The van der Waals surface area contributed by atoms with E-state index >= 15 is 0 Å². The standard InChI is InChI=1S/C33H36FN4O.U/c1-22-7-6-8-23(2)38(22)16-13-24-11-14-37(15-12-24)33(39)27-17-26(18-29(34)19-27)28-20-30-31(36-32(30)35-21-28)25-9-4-3-5-10-25;/h3-5,9,17-24H,6-8,11-16H2,1-2H3;/q-1;. The molecule has 1 amide bonds. The average molecular weight is 762 g/mol. The van der Waals surface area contributed by atoms with Crippen molar-refractivity contribution in [2.75, 3.05) is 19.6 Å². The number of rotatable bonds is 6. The quantitative estimate of drug-likeness (QED) is 0.334. The molecule has 0 radical (unpaired) electrons. The van der Waals surface area contributed by atoms with Crippen molar-refractivity contribution in [2.45, 2.75) is 64.5 Å². The van der Waals surface area contributed by atoms with Gasteiger partial charge in [-0.1, -0.05) is 6.42 Å². The number of piperidine rings is 2. The van der Waals surface area contributed by atoms with E-state index in [9.17, 15) is 9.18 Å². The van der Waals surface area contributed by atoms with Crippen molar-refractivity contribution in [3.05, 3.63) is 88.4 Å². The third-order valence-corrected chi connectivity index (χ3v) is 8.86. The van der Waals surface area contributed by atoms with E-state index in [0.717, 1.165) is 54.5 Å². The minimum Gasteiger partial charge on any atom is -0.339 e. The smallest absolute Gasteiger partial charge is 0.253 e. The molecule has 0 spiro atoms. The van der Waals surface area contributed by atoms with Crippen molar-refractivity contribution in [2.24, 2.45) is 10.9 Å². The van der Waals surface area contributed by atoms with Crippen molar-refractivity contribution < 1.29 is 40.3 Å². The number of fused-ring (bicyclic) bond motifs is 1. The summed E-state index contributed by atoms with van der Waals surface area (Å²) in [5, 5.41) is 0.919. The maximum absolute atomic E-state index is 14.8. The van der Waals surface area contributed by atoms with Crippen LogP contribution in [0.2, 0.25) is 0 Å². The first kappa shape index (κ1) is 29.2. The van der Waals surface area contributed by atoms with Crippen LogP contribution < -0.4 is 10.7 Å². The Hall–Kier alpha value is -2.33. The molecule has 40 heavy (non-hydrogen) atoms. The molecule has 2 atom stereocenters. The summed E-state index contributed by atoms with van der Waals surface area (Å²) in [4.78, 5) is 26.9. The molecule has 6 rings (SSSR count). The summed E-state index contributed by atoms with van der Waals surface area (Å²) in [5.41, 5.74) is 4.22. The number of carbonyl (C=O) groups is 1. The van der Waals surface area contributed by atoms with Gasteiger partial charge in [-0.25, -0.2) is 9.37 Å². The molecule has 2 unspecified atom stereocenters. The van der Waals surface area contributed by atoms with Crippen LogP contribution in [-0.2, 0) is 0 Å². The Morgan fingerprint density at radius 2 is 1.80 bits per heavy atom. The van der Waals surface area contributed by atoms with Crippen molar-refractivity contribution in [1.82, 2.24) is 14.8 Å². The second-order valence-corrected chi connectivity index (χ2v) is 11.5. The first-order chi connectivity index (χ1) is 19.0. The fourth-order valence-electron chi connectivity index (χ4n) is 6.47. The number of nitrogens with zero attached hydrogens (tertiary/aromatic N) is 4. The normalized spacial score (nSPS) is 21.2. The molecule has 3 aromatic rings. The first-order valence-corrected chi connectivity index (χ1v) is 14.4. The van der Waals surface area contributed by atoms with Gasteiger partial charge < -0.3 is 4.90 Å². The summed E-state index contributed by atoms with van der Waals surface area (Å²) >= 11 is 0. The van der Waals surface area contributed by atoms with E-state index in [4.69, 9.17) is 0 Å². The molecule has 0 saturated carbocycles. The van der Waals surface area contributed by atoms with Gasteiger partial charge in [0.05, 0.1) is 0 Å². The first-order valence-electron chi connectivity index (χ1n) is 14.4. The summed E-state index contributed by atoms with van der Waals surface area (Å²) in [6, 6.07) is 18.8. The van der Waals surface area contributed by atoms with E-state index in [1.54, 1.807) is 12.3 Å². The number of pyridine rings is 1. The van der Waals surface area contributed by atoms with Gasteiger partial charge in [-0.2, -0.15) is 0 Å². The van der Waals surface area contributed by atoms with Crippen LogP contribution in [-0.4, -0.2) is 52.4 Å². The average Bonchev–Trinajstić information content (AvgIpc) is 2.93. The maximum atomic E-state index is 14.8. The molecule has 4 heterocycles. The van der Waals surface area contributed by atoms with Gasteiger partial charge in [0.2, 0.25) is 0 Å². The van der Waals surface area contributed by atoms with Crippen LogP contribution in [0.25, 0.3) is 16.8 Å². The molecule has 2 fully saturated rings. The second-order valence-electron chi connectivity index (χ2n) is 11.5. The zero-order valence-corrected chi connectivity index (χ0v) is 27.5. The molecular formula is C33H36FN4OU-. The second kappa shape index (κ2) is 12.7. The Bertz CT molecular complexity index is 1480. The summed E-state index contributed by atoms with van der Waals surface area (Å²) in [7, 11) is 0. The molecular weight excluding hydrogens is 725 g/mol. The van der Waals surface area contributed by atoms with Crippen LogP contribution in [0.15, 0.2) is 59.7 Å². The number of hydrogen-bond acceptors (Lipinski definition) is 4. The Balaban J connectivity index is 0.00000323. The van der Waals surface area contributed by atoms with Gasteiger partial charge in [0.25, 0.3) is 5.91 Å². The Kier molecular flexibility index (Phi) is 9.25. The molecule has 0 aliphatic carbocycles. The predicted octanol–water partition coefficient (Wildman–Crippen LogP) is 4.98. The Morgan fingerprint density at radius 1 is 1.02 bits per heavy atom. The van der Waals surface area contributed by atoms with E-state index in [-0.39, 0.29) is 37.0 Å². The molecule has 7 heteroatoms. The van der Waals surface area contributed by atoms with Crippen molar-refractivity contribution in [3.63, 3.8) is 0 Å².